The first kappa shape index (κ1) is 14.1. The SMILES string of the molecule is CC1=NN(C)C(=O)[C@]12C(c1ccccc1)[C@]21C(=O)N(C)N=C1C. The molecule has 2 heterocycles. The van der Waals surface area contributed by atoms with Gasteiger partial charge in [0, 0.05) is 20.0 Å². The number of fused-ring (bicyclic) bond motifs is 1. The van der Waals surface area contributed by atoms with Crippen molar-refractivity contribution in [3.05, 3.63) is 35.9 Å². The second-order valence-corrected chi connectivity index (χ2v) is 6.49. The Hall–Kier alpha value is -2.50. The summed E-state index contributed by atoms with van der Waals surface area (Å²) in [6, 6.07) is 9.73. The van der Waals surface area contributed by atoms with Crippen LogP contribution in [0, 0.1) is 10.8 Å². The van der Waals surface area contributed by atoms with Crippen molar-refractivity contribution in [2.45, 2.75) is 19.8 Å². The van der Waals surface area contributed by atoms with Crippen molar-refractivity contribution in [2.24, 2.45) is 21.0 Å². The number of carbonyl (C=O) groups is 2. The van der Waals surface area contributed by atoms with E-state index >= 15 is 0 Å². The second kappa shape index (κ2) is 4.07. The number of hydrazone groups is 2. The summed E-state index contributed by atoms with van der Waals surface area (Å²) < 4.78 is 0. The van der Waals surface area contributed by atoms with Gasteiger partial charge in [-0.15, -0.1) is 0 Å². The van der Waals surface area contributed by atoms with Crippen LogP contribution in [0.2, 0.25) is 0 Å². The van der Waals surface area contributed by atoms with E-state index in [0.29, 0.717) is 11.4 Å². The number of nitrogens with zero attached hydrogens (tertiary/aromatic N) is 4. The fourth-order valence-electron chi connectivity index (χ4n) is 4.71. The number of benzene rings is 1. The number of rotatable bonds is 1. The van der Waals surface area contributed by atoms with Gasteiger partial charge >= 0.3 is 0 Å². The van der Waals surface area contributed by atoms with E-state index in [2.05, 4.69) is 10.2 Å². The van der Waals surface area contributed by atoms with Crippen molar-refractivity contribution in [2.75, 3.05) is 14.1 Å². The van der Waals surface area contributed by atoms with Gasteiger partial charge in [0.05, 0.1) is 11.4 Å². The molecule has 4 rings (SSSR count). The van der Waals surface area contributed by atoms with Gasteiger partial charge in [-0.05, 0) is 19.4 Å². The molecule has 0 radical (unpaired) electrons. The second-order valence-electron chi connectivity index (χ2n) is 6.49. The lowest BCUT2D eigenvalue weighted by atomic mass is 9.85. The minimum Gasteiger partial charge on any atom is -0.272 e. The summed E-state index contributed by atoms with van der Waals surface area (Å²) >= 11 is 0. The molecule has 6 nitrogen and oxygen atoms in total. The molecular formula is C17H18N4O2. The van der Waals surface area contributed by atoms with E-state index in [-0.39, 0.29) is 17.7 Å². The molecule has 1 aromatic rings. The molecule has 6 heteroatoms. The number of hydrogen-bond acceptors (Lipinski definition) is 4. The molecule has 0 aromatic heterocycles. The predicted octanol–water partition coefficient (Wildman–Crippen LogP) is 1.45. The summed E-state index contributed by atoms with van der Waals surface area (Å²) in [7, 11) is 3.29. The van der Waals surface area contributed by atoms with Gasteiger partial charge in [-0.1, -0.05) is 30.3 Å². The highest BCUT2D eigenvalue weighted by Crippen LogP contribution is 2.78. The zero-order chi connectivity index (χ0) is 16.6. The predicted molar refractivity (Wildman–Crippen MR) is 85.8 cm³/mol. The van der Waals surface area contributed by atoms with E-state index in [0.717, 1.165) is 5.56 Å². The van der Waals surface area contributed by atoms with Crippen LogP contribution in [-0.2, 0) is 9.59 Å². The van der Waals surface area contributed by atoms with Crippen LogP contribution in [0.3, 0.4) is 0 Å². The summed E-state index contributed by atoms with van der Waals surface area (Å²) in [6.45, 7) is 3.68. The molecule has 2 amide bonds. The summed E-state index contributed by atoms with van der Waals surface area (Å²) in [4.78, 5) is 26.1. The van der Waals surface area contributed by atoms with Gasteiger partial charge in [0.15, 0.2) is 0 Å². The molecule has 1 saturated carbocycles. The Bertz CT molecular complexity index is 752. The van der Waals surface area contributed by atoms with Gasteiger partial charge in [0.25, 0.3) is 11.8 Å². The largest absolute Gasteiger partial charge is 0.272 e. The van der Waals surface area contributed by atoms with Crippen LogP contribution in [0.5, 0.6) is 0 Å². The molecule has 1 aromatic carbocycles. The molecule has 2 aliphatic heterocycles. The highest BCUT2D eigenvalue weighted by atomic mass is 16.2. The number of hydrogen-bond donors (Lipinski definition) is 0. The Morgan fingerprint density at radius 2 is 1.30 bits per heavy atom. The van der Waals surface area contributed by atoms with Crippen LogP contribution < -0.4 is 0 Å². The van der Waals surface area contributed by atoms with Gasteiger partial charge in [-0.25, -0.2) is 10.0 Å². The molecule has 2 spiro atoms. The minimum absolute atomic E-state index is 0.123. The van der Waals surface area contributed by atoms with E-state index in [9.17, 15) is 9.59 Å². The van der Waals surface area contributed by atoms with Crippen LogP contribution in [-0.4, -0.2) is 47.4 Å². The standard InChI is InChI=1S/C17H18N4O2/c1-10-16(14(22)20(3)18-10)13(12-8-6-5-7-9-12)17(16)11(2)19-21(4)15(17)23/h5-9,13H,1-4H3/t16-,17-/m1/s1. The van der Waals surface area contributed by atoms with E-state index < -0.39 is 10.8 Å². The maximum absolute atomic E-state index is 13.0. The summed E-state index contributed by atoms with van der Waals surface area (Å²) in [6.07, 6.45) is 0. The summed E-state index contributed by atoms with van der Waals surface area (Å²) in [5.41, 5.74) is 0.495. The Morgan fingerprint density at radius 3 is 1.65 bits per heavy atom. The third-order valence-corrected chi connectivity index (χ3v) is 5.54. The summed E-state index contributed by atoms with van der Waals surface area (Å²) in [5, 5.41) is 11.4. The summed E-state index contributed by atoms with van der Waals surface area (Å²) in [5.74, 6) is -0.497. The van der Waals surface area contributed by atoms with Crippen LogP contribution in [0.15, 0.2) is 40.5 Å². The van der Waals surface area contributed by atoms with Crippen molar-refractivity contribution >= 4 is 23.2 Å². The van der Waals surface area contributed by atoms with Crippen molar-refractivity contribution in [1.29, 1.82) is 0 Å². The maximum Gasteiger partial charge on any atom is 0.256 e. The molecule has 1 fully saturated rings. The zero-order valence-corrected chi connectivity index (χ0v) is 13.6. The van der Waals surface area contributed by atoms with Crippen molar-refractivity contribution < 1.29 is 9.59 Å². The smallest absolute Gasteiger partial charge is 0.256 e. The minimum atomic E-state index is -0.932. The van der Waals surface area contributed by atoms with Crippen LogP contribution in [0.25, 0.3) is 0 Å². The topological polar surface area (TPSA) is 65.3 Å². The van der Waals surface area contributed by atoms with Gasteiger partial charge in [0.2, 0.25) is 0 Å². The molecule has 0 bridgehead atoms. The molecular weight excluding hydrogens is 292 g/mol. The Labute approximate surface area is 134 Å². The molecule has 0 saturated heterocycles. The van der Waals surface area contributed by atoms with Gasteiger partial charge < -0.3 is 0 Å². The maximum atomic E-state index is 13.0. The molecule has 1 aliphatic carbocycles. The van der Waals surface area contributed by atoms with E-state index in [4.69, 9.17) is 0 Å². The quantitative estimate of drug-likeness (QED) is 0.788. The van der Waals surface area contributed by atoms with Gasteiger partial charge in [-0.3, -0.25) is 9.59 Å². The fourth-order valence-corrected chi connectivity index (χ4v) is 4.71. The first-order valence-electron chi connectivity index (χ1n) is 7.62. The van der Waals surface area contributed by atoms with Gasteiger partial charge in [0.1, 0.15) is 10.8 Å². The lowest BCUT2D eigenvalue weighted by molar-refractivity contribution is -0.137. The van der Waals surface area contributed by atoms with E-state index in [1.807, 2.05) is 44.2 Å². The average molecular weight is 310 g/mol. The lowest BCUT2D eigenvalue weighted by Crippen LogP contribution is -2.38. The Kier molecular flexibility index (Phi) is 2.50. The number of carbonyl (C=O) groups excluding carboxylic acids is 2. The van der Waals surface area contributed by atoms with Crippen molar-refractivity contribution in [3.63, 3.8) is 0 Å². The Morgan fingerprint density at radius 1 is 0.870 bits per heavy atom. The van der Waals surface area contributed by atoms with Gasteiger partial charge in [-0.2, -0.15) is 10.2 Å². The molecule has 3 aliphatic rings. The first-order chi connectivity index (χ1) is 10.9. The molecule has 118 valence electrons. The third-order valence-electron chi connectivity index (χ3n) is 5.54. The zero-order valence-electron chi connectivity index (χ0n) is 13.6. The molecule has 0 unspecified atom stereocenters. The van der Waals surface area contributed by atoms with Crippen molar-refractivity contribution in [1.82, 2.24) is 10.0 Å². The highest BCUT2D eigenvalue weighted by Gasteiger charge is 2.90. The first-order valence-corrected chi connectivity index (χ1v) is 7.62. The average Bonchev–Trinajstić information content (AvgIpc) is 3.05. The molecule has 23 heavy (non-hydrogen) atoms. The highest BCUT2D eigenvalue weighted by molar-refractivity contribution is 6.31. The van der Waals surface area contributed by atoms with Crippen molar-refractivity contribution in [3.8, 4) is 0 Å². The lowest BCUT2D eigenvalue weighted by Gasteiger charge is -2.15. The van der Waals surface area contributed by atoms with Crippen LogP contribution >= 0.6 is 0 Å². The van der Waals surface area contributed by atoms with E-state index in [1.165, 1.54) is 10.0 Å². The third kappa shape index (κ3) is 1.27. The van der Waals surface area contributed by atoms with Crippen LogP contribution in [0.4, 0.5) is 0 Å². The normalized spacial score (nSPS) is 35.4. The van der Waals surface area contributed by atoms with E-state index in [1.54, 1.807) is 14.1 Å². The fraction of sp³-hybridized carbons (Fsp3) is 0.412. The molecule has 2 atom stereocenters. The monoisotopic (exact) mass is 310 g/mol. The Balaban J connectivity index is 1.99. The van der Waals surface area contributed by atoms with Crippen LogP contribution in [0.1, 0.15) is 25.3 Å². The molecule has 0 N–H and O–H groups in total. The number of amides is 2.